The van der Waals surface area contributed by atoms with Gasteiger partial charge in [0, 0.05) is 24.2 Å². The first-order valence-corrected chi connectivity index (χ1v) is 11.3. The van der Waals surface area contributed by atoms with E-state index in [0.717, 1.165) is 43.7 Å². The zero-order chi connectivity index (χ0) is 21.5. The van der Waals surface area contributed by atoms with Gasteiger partial charge in [0.05, 0.1) is 18.7 Å². The Kier molecular flexibility index (Phi) is 5.71. The number of carbonyl (C=O) groups excluding carboxylic acids is 1. The zero-order valence-electron chi connectivity index (χ0n) is 18.9. The molecule has 2 aromatic rings. The number of hydrogen-bond acceptors (Lipinski definition) is 4. The summed E-state index contributed by atoms with van der Waals surface area (Å²) >= 11 is 0. The van der Waals surface area contributed by atoms with Crippen LogP contribution in [-0.4, -0.2) is 51.0 Å². The number of piperidine rings is 3. The molecule has 3 saturated heterocycles. The van der Waals surface area contributed by atoms with Gasteiger partial charge in [-0.3, -0.25) is 14.4 Å². The highest BCUT2D eigenvalue weighted by Crippen LogP contribution is 2.37. The van der Waals surface area contributed by atoms with Crippen molar-refractivity contribution in [2.75, 3.05) is 13.1 Å². The number of hydrogen-bond donors (Lipinski definition) is 1. The maximum absolute atomic E-state index is 12.5. The van der Waals surface area contributed by atoms with E-state index < -0.39 is 0 Å². The van der Waals surface area contributed by atoms with E-state index in [4.69, 9.17) is 0 Å². The van der Waals surface area contributed by atoms with Crippen molar-refractivity contribution in [2.45, 2.75) is 71.5 Å². The Labute approximate surface area is 180 Å². The Morgan fingerprint density at radius 1 is 1.23 bits per heavy atom. The summed E-state index contributed by atoms with van der Waals surface area (Å²) in [5.41, 5.74) is 3.49. The van der Waals surface area contributed by atoms with Crippen molar-refractivity contribution >= 4 is 5.91 Å². The number of aromatic nitrogens is 3. The number of fused-ring (bicyclic) bond motifs is 3. The smallest absolute Gasteiger partial charge is 0.224 e. The van der Waals surface area contributed by atoms with E-state index in [1.54, 1.807) is 0 Å². The van der Waals surface area contributed by atoms with Gasteiger partial charge in [-0.25, -0.2) is 0 Å². The van der Waals surface area contributed by atoms with Crippen LogP contribution in [0.4, 0.5) is 0 Å². The summed E-state index contributed by atoms with van der Waals surface area (Å²) in [6, 6.07) is 9.28. The zero-order valence-corrected chi connectivity index (χ0v) is 18.9. The number of nitrogens with one attached hydrogen (secondary N) is 1. The quantitative estimate of drug-likeness (QED) is 0.821. The summed E-state index contributed by atoms with van der Waals surface area (Å²) in [6.07, 6.45) is 4.24. The Hall–Kier alpha value is -2.21. The van der Waals surface area contributed by atoms with E-state index >= 15 is 0 Å². The molecule has 4 heterocycles. The number of carbonyl (C=O) groups is 1. The minimum absolute atomic E-state index is 0.130. The Morgan fingerprint density at radius 2 is 1.97 bits per heavy atom. The first kappa shape index (κ1) is 21.0. The molecule has 30 heavy (non-hydrogen) atoms. The molecule has 0 spiro atoms. The molecule has 1 unspecified atom stereocenters. The molecule has 0 radical (unpaired) electrons. The average molecular weight is 410 g/mol. The molecular weight excluding hydrogens is 374 g/mol. The molecule has 0 saturated carbocycles. The van der Waals surface area contributed by atoms with Crippen molar-refractivity contribution in [1.29, 1.82) is 0 Å². The maximum Gasteiger partial charge on any atom is 0.224 e. The number of amides is 1. The van der Waals surface area contributed by atoms with Gasteiger partial charge in [-0.05, 0) is 50.1 Å². The summed E-state index contributed by atoms with van der Waals surface area (Å²) in [6.45, 7) is 13.5. The molecule has 1 aromatic heterocycles. The van der Waals surface area contributed by atoms with Crippen molar-refractivity contribution in [2.24, 2.45) is 11.8 Å². The van der Waals surface area contributed by atoms with Gasteiger partial charge in [0.2, 0.25) is 5.91 Å². The van der Waals surface area contributed by atoms with Gasteiger partial charge in [0.15, 0.2) is 0 Å². The van der Waals surface area contributed by atoms with Gasteiger partial charge in [0.1, 0.15) is 5.69 Å². The third-order valence-corrected chi connectivity index (χ3v) is 6.63. The van der Waals surface area contributed by atoms with Gasteiger partial charge in [-0.1, -0.05) is 50.3 Å². The van der Waals surface area contributed by atoms with Crippen molar-refractivity contribution in [1.82, 2.24) is 25.2 Å². The molecule has 162 valence electrons. The molecule has 2 bridgehead atoms. The third kappa shape index (κ3) is 4.43. The van der Waals surface area contributed by atoms with E-state index in [2.05, 4.69) is 71.8 Å². The minimum Gasteiger partial charge on any atom is -0.354 e. The van der Waals surface area contributed by atoms with E-state index in [9.17, 15) is 4.79 Å². The maximum atomic E-state index is 12.5. The third-order valence-electron chi connectivity index (χ3n) is 6.63. The fourth-order valence-electron chi connectivity index (χ4n) is 4.89. The molecule has 3 aliphatic rings. The second-order valence-corrected chi connectivity index (χ2v) is 10.4. The molecule has 3 fully saturated rings. The van der Waals surface area contributed by atoms with Gasteiger partial charge in [-0.2, -0.15) is 0 Å². The molecule has 1 aromatic carbocycles. The van der Waals surface area contributed by atoms with Crippen LogP contribution in [0.3, 0.4) is 0 Å². The molecule has 3 aliphatic heterocycles. The number of benzene rings is 1. The molecule has 4 atom stereocenters. The van der Waals surface area contributed by atoms with Crippen LogP contribution >= 0.6 is 0 Å². The first-order chi connectivity index (χ1) is 14.2. The van der Waals surface area contributed by atoms with Crippen molar-refractivity contribution in [3.8, 4) is 11.3 Å². The topological polar surface area (TPSA) is 63.1 Å². The lowest BCUT2D eigenvalue weighted by Crippen LogP contribution is -2.58. The normalized spacial score (nSPS) is 26.2. The fourth-order valence-corrected chi connectivity index (χ4v) is 4.89. The van der Waals surface area contributed by atoms with Crippen LogP contribution in [0.15, 0.2) is 30.5 Å². The number of rotatable bonds is 5. The monoisotopic (exact) mass is 409 g/mol. The van der Waals surface area contributed by atoms with Gasteiger partial charge >= 0.3 is 0 Å². The molecule has 1 N–H and O–H groups in total. The second kappa shape index (κ2) is 8.14. The summed E-state index contributed by atoms with van der Waals surface area (Å²) in [5, 5.41) is 11.9. The summed E-state index contributed by atoms with van der Waals surface area (Å²) in [4.78, 5) is 15.0. The first-order valence-electron chi connectivity index (χ1n) is 11.3. The van der Waals surface area contributed by atoms with Gasteiger partial charge in [0.25, 0.3) is 0 Å². The fraction of sp³-hybridized carbons (Fsp3) is 0.625. The lowest BCUT2D eigenvalue weighted by Gasteiger charge is -2.49. The molecule has 0 aliphatic carbocycles. The van der Waals surface area contributed by atoms with Crippen LogP contribution in [-0.2, 0) is 16.8 Å². The highest BCUT2D eigenvalue weighted by molar-refractivity contribution is 5.79. The molecule has 5 rings (SSSR count). The Balaban J connectivity index is 1.40. The van der Waals surface area contributed by atoms with Crippen LogP contribution in [0.5, 0.6) is 0 Å². The van der Waals surface area contributed by atoms with Crippen molar-refractivity contribution < 1.29 is 4.79 Å². The summed E-state index contributed by atoms with van der Waals surface area (Å²) in [7, 11) is 0. The lowest BCUT2D eigenvalue weighted by atomic mass is 9.75. The van der Waals surface area contributed by atoms with Crippen LogP contribution in [0.25, 0.3) is 11.3 Å². The Bertz CT molecular complexity index is 880. The molecule has 1 amide bonds. The van der Waals surface area contributed by atoms with Gasteiger partial charge in [-0.15, -0.1) is 5.10 Å². The summed E-state index contributed by atoms with van der Waals surface area (Å²) < 4.78 is 1.97. The average Bonchev–Trinajstić information content (AvgIpc) is 3.16. The van der Waals surface area contributed by atoms with E-state index in [0.29, 0.717) is 12.0 Å². The van der Waals surface area contributed by atoms with Crippen LogP contribution < -0.4 is 5.32 Å². The molecule has 6 heteroatoms. The van der Waals surface area contributed by atoms with Crippen molar-refractivity contribution in [3.05, 3.63) is 36.0 Å². The van der Waals surface area contributed by atoms with Crippen LogP contribution in [0.2, 0.25) is 0 Å². The van der Waals surface area contributed by atoms with Crippen LogP contribution in [0.1, 0.15) is 53.0 Å². The SMILES string of the molecule is CC(C)NC(=O)[C@H]1CN2CC[C@H]1C[C@@H]2Cn1cc(-c2ccc(C(C)(C)C)cc2)nn1. The van der Waals surface area contributed by atoms with E-state index in [1.807, 2.05) is 18.5 Å². The highest BCUT2D eigenvalue weighted by atomic mass is 16.2. The number of nitrogens with zero attached hydrogens (tertiary/aromatic N) is 4. The minimum atomic E-state index is 0.130. The predicted molar refractivity (Wildman–Crippen MR) is 119 cm³/mol. The predicted octanol–water partition coefficient (Wildman–Crippen LogP) is 3.48. The van der Waals surface area contributed by atoms with E-state index in [-0.39, 0.29) is 23.3 Å². The van der Waals surface area contributed by atoms with E-state index in [1.165, 1.54) is 5.56 Å². The molecular formula is C24H35N5O. The summed E-state index contributed by atoms with van der Waals surface area (Å²) in [5.74, 6) is 0.830. The Morgan fingerprint density at radius 3 is 2.57 bits per heavy atom. The highest BCUT2D eigenvalue weighted by Gasteiger charge is 2.43. The largest absolute Gasteiger partial charge is 0.354 e. The van der Waals surface area contributed by atoms with Crippen molar-refractivity contribution in [3.63, 3.8) is 0 Å². The van der Waals surface area contributed by atoms with Crippen LogP contribution in [0, 0.1) is 11.8 Å². The molecule has 6 nitrogen and oxygen atoms in total. The standard InChI is InChI=1S/C24H35N5O/c1-16(2)25-23(30)21-14-28-11-10-18(21)12-20(28)13-29-15-22(26-27-29)17-6-8-19(9-7-17)24(3,4)5/h6-9,15-16,18,20-21H,10-14H2,1-5H3,(H,25,30)/t18-,20+,21-/m0/s1. The second-order valence-electron chi connectivity index (χ2n) is 10.4. The lowest BCUT2D eigenvalue weighted by molar-refractivity contribution is -0.133. The van der Waals surface area contributed by atoms with Gasteiger partial charge < -0.3 is 5.32 Å².